The number of Topliss-reactive ketones (excluding diaryl/α,β-unsaturated/α-hetero) is 1. The topological polar surface area (TPSA) is 71.6 Å². The van der Waals surface area contributed by atoms with Gasteiger partial charge >= 0.3 is 0 Å². The van der Waals surface area contributed by atoms with Crippen molar-refractivity contribution in [3.8, 4) is 6.07 Å². The van der Waals surface area contributed by atoms with E-state index in [9.17, 15) is 10.1 Å². The van der Waals surface area contributed by atoms with E-state index in [2.05, 4.69) is 30.0 Å². The van der Waals surface area contributed by atoms with Crippen molar-refractivity contribution in [1.29, 1.82) is 5.26 Å². The minimum atomic E-state index is -0.878. The van der Waals surface area contributed by atoms with Crippen molar-refractivity contribution in [3.63, 3.8) is 0 Å². The molecule has 7 heteroatoms. The van der Waals surface area contributed by atoms with Gasteiger partial charge in [-0.05, 0) is 31.0 Å². The van der Waals surface area contributed by atoms with Gasteiger partial charge in [0.05, 0.1) is 26.9 Å². The average molecular weight is 395 g/mol. The zero-order valence-electron chi connectivity index (χ0n) is 15.3. The van der Waals surface area contributed by atoms with Crippen LogP contribution in [0.4, 0.5) is 0 Å². The number of carbonyl (C=O) groups is 1. The van der Waals surface area contributed by atoms with Gasteiger partial charge in [0, 0.05) is 11.9 Å². The molecule has 0 bridgehead atoms. The van der Waals surface area contributed by atoms with E-state index < -0.39 is 5.92 Å². The van der Waals surface area contributed by atoms with E-state index in [0.29, 0.717) is 15.8 Å². The zero-order valence-corrected chi connectivity index (χ0v) is 16.9. The van der Waals surface area contributed by atoms with Gasteiger partial charge in [-0.3, -0.25) is 9.48 Å². The van der Waals surface area contributed by atoms with Gasteiger partial charge in [0.1, 0.15) is 9.84 Å². The normalized spacial score (nSPS) is 12.7. The number of aromatic nitrogens is 3. The van der Waals surface area contributed by atoms with Gasteiger partial charge in [0.2, 0.25) is 0 Å². The van der Waals surface area contributed by atoms with E-state index in [-0.39, 0.29) is 5.78 Å². The van der Waals surface area contributed by atoms with Crippen LogP contribution in [-0.4, -0.2) is 20.5 Å². The van der Waals surface area contributed by atoms with Crippen LogP contribution in [0.5, 0.6) is 0 Å². The fourth-order valence-corrected chi connectivity index (χ4v) is 5.24. The molecule has 3 heterocycles. The lowest BCUT2D eigenvalue weighted by Crippen LogP contribution is -2.09. The first-order chi connectivity index (χ1) is 13.0. The summed E-state index contributed by atoms with van der Waals surface area (Å²) in [6.45, 7) is 7.04. The molecule has 1 aromatic carbocycles. The Morgan fingerprint density at radius 1 is 1.30 bits per heavy atom. The first-order valence-corrected chi connectivity index (χ1v) is 10.4. The summed E-state index contributed by atoms with van der Waals surface area (Å²) < 4.78 is 2.95. The Bertz CT molecular complexity index is 1160. The maximum Gasteiger partial charge on any atom is 0.196 e. The Morgan fingerprint density at radius 3 is 2.78 bits per heavy atom. The Hall–Kier alpha value is -2.56. The standard InChI is InChI=1S/C20H18N4OS2/c1-11(2)10-24-20-13(12(3)23-24)8-17(27-20)18(25)14(9-21)19-22-15-6-4-5-7-16(15)26-19/h4-8,11,14H,10H2,1-3H3/t14-/m0/s1. The molecule has 0 aliphatic rings. The zero-order chi connectivity index (χ0) is 19.1. The van der Waals surface area contributed by atoms with E-state index in [1.807, 2.05) is 41.9 Å². The number of nitriles is 1. The first kappa shape index (κ1) is 17.8. The van der Waals surface area contributed by atoms with E-state index >= 15 is 0 Å². The number of carbonyl (C=O) groups excluding carboxylic acids is 1. The molecule has 4 rings (SSSR count). The molecule has 0 aliphatic heterocycles. The van der Waals surface area contributed by atoms with Gasteiger partial charge in [-0.25, -0.2) is 4.98 Å². The quantitative estimate of drug-likeness (QED) is 0.438. The van der Waals surface area contributed by atoms with Crippen molar-refractivity contribution in [3.05, 3.63) is 45.9 Å². The summed E-state index contributed by atoms with van der Waals surface area (Å²) in [7, 11) is 0. The highest BCUT2D eigenvalue weighted by Gasteiger charge is 2.28. The van der Waals surface area contributed by atoms with Gasteiger partial charge in [0.15, 0.2) is 11.7 Å². The summed E-state index contributed by atoms with van der Waals surface area (Å²) in [6, 6.07) is 11.7. The van der Waals surface area contributed by atoms with Gasteiger partial charge in [0.25, 0.3) is 0 Å². The lowest BCUT2D eigenvalue weighted by Gasteiger charge is -2.05. The van der Waals surface area contributed by atoms with Crippen molar-refractivity contribution in [2.45, 2.75) is 33.2 Å². The minimum absolute atomic E-state index is 0.187. The van der Waals surface area contributed by atoms with Crippen LogP contribution >= 0.6 is 22.7 Å². The number of thiazole rings is 1. The van der Waals surface area contributed by atoms with Crippen molar-refractivity contribution >= 4 is 48.9 Å². The lowest BCUT2D eigenvalue weighted by molar-refractivity contribution is 0.0983. The molecule has 0 N–H and O–H groups in total. The van der Waals surface area contributed by atoms with E-state index in [1.54, 1.807) is 0 Å². The molecule has 0 aliphatic carbocycles. The van der Waals surface area contributed by atoms with Crippen molar-refractivity contribution in [1.82, 2.24) is 14.8 Å². The van der Waals surface area contributed by atoms with Crippen molar-refractivity contribution in [2.75, 3.05) is 0 Å². The molecule has 3 aromatic heterocycles. The molecule has 0 saturated carbocycles. The number of fused-ring (bicyclic) bond motifs is 2. The van der Waals surface area contributed by atoms with Gasteiger partial charge in [-0.15, -0.1) is 22.7 Å². The number of thiophene rings is 1. The van der Waals surface area contributed by atoms with Crippen LogP contribution in [0.15, 0.2) is 30.3 Å². The Balaban J connectivity index is 1.73. The molecule has 4 aromatic rings. The molecule has 0 saturated heterocycles. The minimum Gasteiger partial charge on any atom is -0.291 e. The number of rotatable bonds is 5. The highest BCUT2D eigenvalue weighted by Crippen LogP contribution is 2.34. The number of hydrogen-bond donors (Lipinski definition) is 0. The summed E-state index contributed by atoms with van der Waals surface area (Å²) in [4.78, 5) is 19.2. The van der Waals surface area contributed by atoms with Crippen LogP contribution in [0.1, 0.15) is 40.1 Å². The molecule has 0 amide bonds. The van der Waals surface area contributed by atoms with E-state index in [0.717, 1.165) is 32.7 Å². The maximum absolute atomic E-state index is 13.1. The second-order valence-electron chi connectivity index (χ2n) is 6.94. The van der Waals surface area contributed by atoms with Gasteiger partial charge < -0.3 is 0 Å². The summed E-state index contributed by atoms with van der Waals surface area (Å²) in [5, 5.41) is 15.8. The Morgan fingerprint density at radius 2 is 2.07 bits per heavy atom. The number of aryl methyl sites for hydroxylation is 1. The smallest absolute Gasteiger partial charge is 0.196 e. The van der Waals surface area contributed by atoms with Crippen LogP contribution < -0.4 is 0 Å². The second-order valence-corrected chi connectivity index (χ2v) is 9.03. The molecule has 0 fully saturated rings. The van der Waals surface area contributed by atoms with E-state index in [1.165, 1.54) is 22.7 Å². The highest BCUT2D eigenvalue weighted by molar-refractivity contribution is 7.21. The summed E-state index contributed by atoms with van der Waals surface area (Å²) in [5.41, 5.74) is 1.74. The molecule has 27 heavy (non-hydrogen) atoms. The van der Waals surface area contributed by atoms with Crippen LogP contribution in [-0.2, 0) is 6.54 Å². The molecule has 5 nitrogen and oxygen atoms in total. The molecular formula is C20H18N4OS2. The van der Waals surface area contributed by atoms with Gasteiger partial charge in [-0.1, -0.05) is 26.0 Å². The number of para-hydroxylation sites is 1. The predicted molar refractivity (Wildman–Crippen MR) is 109 cm³/mol. The second kappa shape index (κ2) is 6.87. The maximum atomic E-state index is 13.1. The van der Waals surface area contributed by atoms with Crippen LogP contribution in [0.2, 0.25) is 0 Å². The Labute approximate surface area is 164 Å². The number of ketones is 1. The largest absolute Gasteiger partial charge is 0.291 e. The van der Waals surface area contributed by atoms with Gasteiger partial charge in [-0.2, -0.15) is 10.4 Å². The Kier molecular flexibility index (Phi) is 4.54. The third-order valence-electron chi connectivity index (χ3n) is 4.34. The summed E-state index contributed by atoms with van der Waals surface area (Å²) >= 11 is 2.83. The molecule has 0 unspecified atom stereocenters. The monoisotopic (exact) mass is 394 g/mol. The number of hydrogen-bond acceptors (Lipinski definition) is 6. The fourth-order valence-electron chi connectivity index (χ4n) is 3.09. The van der Waals surface area contributed by atoms with Crippen molar-refractivity contribution in [2.24, 2.45) is 5.92 Å². The fraction of sp³-hybridized carbons (Fsp3) is 0.300. The third kappa shape index (κ3) is 3.15. The SMILES string of the molecule is Cc1nn(CC(C)C)c2sc(C(=O)[C@H](C#N)c3nc4ccccc4s3)cc12. The lowest BCUT2D eigenvalue weighted by atomic mass is 10.1. The molecule has 0 radical (unpaired) electrons. The van der Waals surface area contributed by atoms with Crippen molar-refractivity contribution < 1.29 is 4.79 Å². The number of benzene rings is 1. The molecular weight excluding hydrogens is 376 g/mol. The summed E-state index contributed by atoms with van der Waals surface area (Å²) in [5.74, 6) is -0.603. The van der Waals surface area contributed by atoms with Crippen LogP contribution in [0.3, 0.4) is 0 Å². The van der Waals surface area contributed by atoms with E-state index in [4.69, 9.17) is 0 Å². The number of nitrogens with zero attached hydrogens (tertiary/aromatic N) is 4. The molecule has 136 valence electrons. The van der Waals surface area contributed by atoms with Crippen LogP contribution in [0.25, 0.3) is 20.4 Å². The molecule has 0 spiro atoms. The first-order valence-electron chi connectivity index (χ1n) is 8.74. The van der Waals surface area contributed by atoms with Crippen LogP contribution in [0, 0.1) is 24.2 Å². The molecule has 1 atom stereocenters. The summed E-state index contributed by atoms with van der Waals surface area (Å²) in [6.07, 6.45) is 0. The predicted octanol–water partition coefficient (Wildman–Crippen LogP) is 5.16. The average Bonchev–Trinajstić information content (AvgIpc) is 3.31. The highest BCUT2D eigenvalue weighted by atomic mass is 32.1. The third-order valence-corrected chi connectivity index (χ3v) is 6.60.